The molecule has 116 valence electrons. The normalized spacial score (nSPS) is 15.2. The summed E-state index contributed by atoms with van der Waals surface area (Å²) < 4.78 is 2.10. The first-order valence-electron chi connectivity index (χ1n) is 7.36. The maximum absolute atomic E-state index is 11.2. The Kier molecular flexibility index (Phi) is 3.74. The lowest BCUT2D eigenvalue weighted by Gasteiger charge is -2.19. The van der Waals surface area contributed by atoms with Gasteiger partial charge in [-0.25, -0.2) is 4.98 Å². The summed E-state index contributed by atoms with van der Waals surface area (Å²) in [6.07, 6.45) is 4.73. The molecule has 0 radical (unpaired) electrons. The van der Waals surface area contributed by atoms with E-state index in [0.717, 1.165) is 37.5 Å². The number of nitro groups is 1. The van der Waals surface area contributed by atoms with Gasteiger partial charge in [0.1, 0.15) is 5.82 Å². The van der Waals surface area contributed by atoms with E-state index >= 15 is 0 Å². The second-order valence-corrected chi connectivity index (χ2v) is 5.53. The van der Waals surface area contributed by atoms with Gasteiger partial charge in [-0.3, -0.25) is 10.1 Å². The van der Waals surface area contributed by atoms with Crippen LogP contribution in [0.3, 0.4) is 0 Å². The molecule has 0 saturated carbocycles. The monoisotopic (exact) mass is 302 g/mol. The van der Waals surface area contributed by atoms with Crippen LogP contribution in [-0.2, 0) is 13.0 Å². The molecule has 0 amide bonds. The summed E-state index contributed by atoms with van der Waals surface area (Å²) in [5, 5.41) is 22.8. The van der Waals surface area contributed by atoms with Crippen LogP contribution in [0.4, 0.5) is 11.5 Å². The fourth-order valence-electron chi connectivity index (χ4n) is 2.81. The first-order chi connectivity index (χ1) is 10.6. The van der Waals surface area contributed by atoms with Crippen LogP contribution in [0, 0.1) is 17.0 Å². The first-order valence-corrected chi connectivity index (χ1v) is 7.36. The van der Waals surface area contributed by atoms with E-state index in [2.05, 4.69) is 25.1 Å². The molecule has 3 rings (SSSR count). The van der Waals surface area contributed by atoms with Gasteiger partial charge in [0, 0.05) is 24.7 Å². The summed E-state index contributed by atoms with van der Waals surface area (Å²) in [6.45, 7) is 4.52. The van der Waals surface area contributed by atoms with Gasteiger partial charge in [-0.05, 0) is 32.8 Å². The van der Waals surface area contributed by atoms with Crippen molar-refractivity contribution in [3.8, 4) is 0 Å². The molecule has 0 aromatic carbocycles. The number of hydrogen-bond donors (Lipinski definition) is 1. The molecule has 0 aliphatic carbocycles. The van der Waals surface area contributed by atoms with Crippen LogP contribution in [0.1, 0.15) is 43.0 Å². The van der Waals surface area contributed by atoms with Crippen molar-refractivity contribution < 1.29 is 4.92 Å². The summed E-state index contributed by atoms with van der Waals surface area (Å²) >= 11 is 0. The number of hydrogen-bond acceptors (Lipinski definition) is 6. The minimum atomic E-state index is -0.406. The Hall–Kier alpha value is -2.51. The molecular formula is C14H18N6O2. The van der Waals surface area contributed by atoms with Crippen LogP contribution in [0.5, 0.6) is 0 Å². The number of fused-ring (bicyclic) bond motifs is 1. The van der Waals surface area contributed by atoms with Crippen LogP contribution >= 0.6 is 0 Å². The summed E-state index contributed by atoms with van der Waals surface area (Å²) in [5.41, 5.74) is 0.589. The quantitative estimate of drug-likeness (QED) is 0.687. The predicted octanol–water partition coefficient (Wildman–Crippen LogP) is 2.40. The molecule has 0 fully saturated rings. The summed E-state index contributed by atoms with van der Waals surface area (Å²) in [4.78, 5) is 14.9. The first kappa shape index (κ1) is 14.4. The highest BCUT2D eigenvalue weighted by molar-refractivity contribution is 5.60. The SMILES string of the molecule is Cc1ccnc(NC(C)c2nnc3n2CCCC3)c1[N+](=O)[O-]. The fraction of sp³-hybridized carbons (Fsp3) is 0.500. The van der Waals surface area contributed by atoms with Crippen molar-refractivity contribution in [1.29, 1.82) is 0 Å². The van der Waals surface area contributed by atoms with E-state index in [-0.39, 0.29) is 17.5 Å². The minimum Gasteiger partial charge on any atom is -0.355 e. The molecule has 8 heteroatoms. The largest absolute Gasteiger partial charge is 0.355 e. The van der Waals surface area contributed by atoms with Crippen LogP contribution in [0.15, 0.2) is 12.3 Å². The van der Waals surface area contributed by atoms with E-state index in [4.69, 9.17) is 0 Å². The Morgan fingerprint density at radius 2 is 2.23 bits per heavy atom. The summed E-state index contributed by atoms with van der Waals surface area (Å²) in [7, 11) is 0. The Morgan fingerprint density at radius 1 is 1.41 bits per heavy atom. The molecule has 8 nitrogen and oxygen atoms in total. The number of pyridine rings is 1. The Morgan fingerprint density at radius 3 is 3.00 bits per heavy atom. The molecule has 22 heavy (non-hydrogen) atoms. The zero-order chi connectivity index (χ0) is 15.7. The van der Waals surface area contributed by atoms with E-state index in [9.17, 15) is 10.1 Å². The Balaban J connectivity index is 1.89. The number of aromatic nitrogens is 4. The molecule has 0 bridgehead atoms. The van der Waals surface area contributed by atoms with Crippen molar-refractivity contribution in [3.05, 3.63) is 39.6 Å². The number of nitrogens with zero attached hydrogens (tertiary/aromatic N) is 5. The van der Waals surface area contributed by atoms with Crippen LogP contribution in [-0.4, -0.2) is 24.7 Å². The second kappa shape index (κ2) is 5.70. The minimum absolute atomic E-state index is 0.00716. The number of anilines is 1. The molecule has 1 aliphatic rings. The lowest BCUT2D eigenvalue weighted by molar-refractivity contribution is -0.384. The van der Waals surface area contributed by atoms with Gasteiger partial charge in [0.25, 0.3) is 0 Å². The molecule has 3 heterocycles. The van der Waals surface area contributed by atoms with Gasteiger partial charge >= 0.3 is 5.69 Å². The number of nitrogens with one attached hydrogen (secondary N) is 1. The third-order valence-corrected chi connectivity index (χ3v) is 3.94. The molecule has 2 aromatic rings. The molecule has 1 aliphatic heterocycles. The van der Waals surface area contributed by atoms with Crippen LogP contribution in [0.25, 0.3) is 0 Å². The van der Waals surface area contributed by atoms with Gasteiger partial charge in [-0.15, -0.1) is 10.2 Å². The van der Waals surface area contributed by atoms with Gasteiger partial charge in [-0.1, -0.05) is 0 Å². The van der Waals surface area contributed by atoms with E-state index in [1.54, 1.807) is 19.2 Å². The van der Waals surface area contributed by atoms with Gasteiger partial charge in [0.15, 0.2) is 5.82 Å². The Bertz CT molecular complexity index is 711. The second-order valence-electron chi connectivity index (χ2n) is 5.53. The summed E-state index contributed by atoms with van der Waals surface area (Å²) in [6, 6.07) is 1.43. The number of aryl methyl sites for hydroxylation is 2. The number of rotatable bonds is 4. The highest BCUT2D eigenvalue weighted by atomic mass is 16.6. The third kappa shape index (κ3) is 2.51. The lowest BCUT2D eigenvalue weighted by Crippen LogP contribution is -2.19. The molecule has 0 spiro atoms. The molecule has 0 saturated heterocycles. The van der Waals surface area contributed by atoms with E-state index in [0.29, 0.717) is 5.56 Å². The van der Waals surface area contributed by atoms with Crippen LogP contribution < -0.4 is 5.32 Å². The van der Waals surface area contributed by atoms with Gasteiger partial charge in [-0.2, -0.15) is 0 Å². The standard InChI is InChI=1S/C14H18N6O2/c1-9-6-7-15-13(12(9)20(21)22)16-10(2)14-18-17-11-5-3-4-8-19(11)14/h6-7,10H,3-5,8H2,1-2H3,(H,15,16). The van der Waals surface area contributed by atoms with Crippen molar-refractivity contribution in [2.45, 2.75) is 45.7 Å². The van der Waals surface area contributed by atoms with Crippen molar-refractivity contribution in [3.63, 3.8) is 0 Å². The van der Waals surface area contributed by atoms with Crippen molar-refractivity contribution >= 4 is 11.5 Å². The third-order valence-electron chi connectivity index (χ3n) is 3.94. The average Bonchev–Trinajstić information content (AvgIpc) is 2.90. The maximum Gasteiger partial charge on any atom is 0.314 e. The zero-order valence-electron chi connectivity index (χ0n) is 12.6. The van der Waals surface area contributed by atoms with Crippen molar-refractivity contribution in [2.75, 3.05) is 5.32 Å². The summed E-state index contributed by atoms with van der Waals surface area (Å²) in [5.74, 6) is 2.06. The van der Waals surface area contributed by atoms with Crippen LogP contribution in [0.2, 0.25) is 0 Å². The zero-order valence-corrected chi connectivity index (χ0v) is 12.6. The van der Waals surface area contributed by atoms with Gasteiger partial charge in [0.2, 0.25) is 5.82 Å². The van der Waals surface area contributed by atoms with Crippen molar-refractivity contribution in [2.24, 2.45) is 0 Å². The highest BCUT2D eigenvalue weighted by Gasteiger charge is 2.24. The maximum atomic E-state index is 11.2. The van der Waals surface area contributed by atoms with Gasteiger partial charge < -0.3 is 9.88 Å². The molecule has 1 atom stereocenters. The predicted molar refractivity (Wildman–Crippen MR) is 80.6 cm³/mol. The van der Waals surface area contributed by atoms with Gasteiger partial charge in [0.05, 0.1) is 11.0 Å². The Labute approximate surface area is 127 Å². The highest BCUT2D eigenvalue weighted by Crippen LogP contribution is 2.29. The molecular weight excluding hydrogens is 284 g/mol. The topological polar surface area (TPSA) is 98.8 Å². The molecule has 1 N–H and O–H groups in total. The lowest BCUT2D eigenvalue weighted by atomic mass is 10.1. The van der Waals surface area contributed by atoms with E-state index < -0.39 is 4.92 Å². The van der Waals surface area contributed by atoms with Crippen molar-refractivity contribution in [1.82, 2.24) is 19.7 Å². The molecule has 1 unspecified atom stereocenters. The van der Waals surface area contributed by atoms with E-state index in [1.807, 2.05) is 6.92 Å². The molecule has 2 aromatic heterocycles. The average molecular weight is 302 g/mol. The smallest absolute Gasteiger partial charge is 0.314 e. The van der Waals surface area contributed by atoms with E-state index in [1.165, 1.54) is 0 Å². The fourth-order valence-corrected chi connectivity index (χ4v) is 2.81.